The molecule has 0 bridgehead atoms. The standard InChI is InChI=1S/C29H26N4O4/c34-29(23-10-13-24(14-11-23)32-16-3-4-17-32)31-30-19-27-26-9-2-1-7-22(26)12-15-28(27)37-20-21-6-5-8-25(18-21)33(35)36/h1-2,5-15,18-19H,3-4,16-17,20H2,(H,31,34)/b30-19-. The summed E-state index contributed by atoms with van der Waals surface area (Å²) in [6.45, 7) is 2.25. The quantitative estimate of drug-likeness (QED) is 0.193. The van der Waals surface area contributed by atoms with Crippen LogP contribution < -0.4 is 15.1 Å². The van der Waals surface area contributed by atoms with E-state index in [0.717, 1.165) is 29.5 Å². The number of amides is 1. The lowest BCUT2D eigenvalue weighted by Gasteiger charge is -2.17. The number of carbonyl (C=O) groups is 1. The molecule has 1 N–H and O–H groups in total. The fourth-order valence-corrected chi connectivity index (χ4v) is 4.47. The van der Waals surface area contributed by atoms with Crippen molar-refractivity contribution >= 4 is 34.3 Å². The van der Waals surface area contributed by atoms with Crippen LogP contribution in [0.4, 0.5) is 11.4 Å². The Morgan fingerprint density at radius 1 is 1.00 bits per heavy atom. The van der Waals surface area contributed by atoms with Gasteiger partial charge < -0.3 is 9.64 Å². The summed E-state index contributed by atoms with van der Waals surface area (Å²) in [7, 11) is 0. The van der Waals surface area contributed by atoms with Gasteiger partial charge in [-0.2, -0.15) is 5.10 Å². The van der Waals surface area contributed by atoms with Crippen LogP contribution in [0.1, 0.15) is 34.3 Å². The molecule has 8 nitrogen and oxygen atoms in total. The summed E-state index contributed by atoms with van der Waals surface area (Å²) in [6, 6.07) is 25.5. The maximum atomic E-state index is 12.7. The van der Waals surface area contributed by atoms with Crippen molar-refractivity contribution in [2.24, 2.45) is 5.10 Å². The zero-order chi connectivity index (χ0) is 25.6. The molecule has 0 radical (unpaired) electrons. The van der Waals surface area contributed by atoms with Crippen LogP contribution in [0.15, 0.2) is 90.0 Å². The van der Waals surface area contributed by atoms with Crippen LogP contribution in [0.2, 0.25) is 0 Å². The van der Waals surface area contributed by atoms with Crippen molar-refractivity contribution in [1.29, 1.82) is 0 Å². The Morgan fingerprint density at radius 2 is 1.78 bits per heavy atom. The van der Waals surface area contributed by atoms with E-state index < -0.39 is 4.92 Å². The second-order valence-electron chi connectivity index (χ2n) is 8.85. The highest BCUT2D eigenvalue weighted by atomic mass is 16.6. The number of non-ortho nitro benzene ring substituents is 1. The number of ether oxygens (including phenoxy) is 1. The van der Waals surface area contributed by atoms with E-state index in [-0.39, 0.29) is 18.2 Å². The Bertz CT molecular complexity index is 1460. The van der Waals surface area contributed by atoms with Gasteiger partial charge in [0, 0.05) is 42.0 Å². The lowest BCUT2D eigenvalue weighted by Crippen LogP contribution is -2.19. The predicted molar refractivity (Wildman–Crippen MR) is 144 cm³/mol. The number of carbonyl (C=O) groups excluding carboxylic acids is 1. The van der Waals surface area contributed by atoms with Gasteiger partial charge in [0.15, 0.2) is 0 Å². The zero-order valence-electron chi connectivity index (χ0n) is 20.2. The molecule has 4 aromatic rings. The van der Waals surface area contributed by atoms with E-state index >= 15 is 0 Å². The summed E-state index contributed by atoms with van der Waals surface area (Å²) < 4.78 is 6.04. The fourth-order valence-electron chi connectivity index (χ4n) is 4.47. The molecule has 4 aromatic carbocycles. The molecule has 8 heteroatoms. The Kier molecular flexibility index (Phi) is 7.07. The SMILES string of the molecule is O=C(N/N=C\c1c(OCc2cccc([N+](=O)[O-])c2)ccc2ccccc12)c1ccc(N2CCCC2)cc1. The highest BCUT2D eigenvalue weighted by Crippen LogP contribution is 2.28. The van der Waals surface area contributed by atoms with E-state index in [9.17, 15) is 14.9 Å². The van der Waals surface area contributed by atoms with Crippen molar-refractivity contribution in [2.75, 3.05) is 18.0 Å². The van der Waals surface area contributed by atoms with Crippen LogP contribution in [0.3, 0.4) is 0 Å². The van der Waals surface area contributed by atoms with Gasteiger partial charge in [-0.05, 0) is 59.5 Å². The van der Waals surface area contributed by atoms with Gasteiger partial charge in [0.25, 0.3) is 11.6 Å². The molecule has 5 rings (SSSR count). The van der Waals surface area contributed by atoms with Gasteiger partial charge in [0.2, 0.25) is 0 Å². The molecule has 1 heterocycles. The number of nitrogens with one attached hydrogen (secondary N) is 1. The maximum Gasteiger partial charge on any atom is 0.271 e. The van der Waals surface area contributed by atoms with Crippen molar-refractivity contribution in [3.05, 3.63) is 112 Å². The lowest BCUT2D eigenvalue weighted by molar-refractivity contribution is -0.384. The molecule has 0 unspecified atom stereocenters. The van der Waals surface area contributed by atoms with E-state index in [0.29, 0.717) is 22.4 Å². The van der Waals surface area contributed by atoms with Crippen LogP contribution in [-0.2, 0) is 6.61 Å². The normalized spacial score (nSPS) is 13.2. The van der Waals surface area contributed by atoms with Crippen molar-refractivity contribution in [3.63, 3.8) is 0 Å². The first-order valence-electron chi connectivity index (χ1n) is 12.1. The molecule has 37 heavy (non-hydrogen) atoms. The molecule has 0 spiro atoms. The van der Waals surface area contributed by atoms with Crippen molar-refractivity contribution < 1.29 is 14.5 Å². The zero-order valence-corrected chi connectivity index (χ0v) is 20.2. The van der Waals surface area contributed by atoms with Crippen molar-refractivity contribution in [3.8, 4) is 5.75 Å². The van der Waals surface area contributed by atoms with Crippen LogP contribution in [0, 0.1) is 10.1 Å². The van der Waals surface area contributed by atoms with Crippen molar-refractivity contribution in [1.82, 2.24) is 5.43 Å². The number of hydrazone groups is 1. The summed E-state index contributed by atoms with van der Waals surface area (Å²) in [5.41, 5.74) is 5.65. The number of nitrogens with zero attached hydrogens (tertiary/aromatic N) is 3. The minimum atomic E-state index is -0.430. The molecule has 0 atom stereocenters. The van der Waals surface area contributed by atoms with Crippen LogP contribution in [-0.4, -0.2) is 30.1 Å². The van der Waals surface area contributed by atoms with E-state index in [1.807, 2.05) is 60.7 Å². The topological polar surface area (TPSA) is 97.1 Å². The summed E-state index contributed by atoms with van der Waals surface area (Å²) in [4.78, 5) is 25.7. The van der Waals surface area contributed by atoms with Gasteiger partial charge in [-0.15, -0.1) is 0 Å². The Hall–Kier alpha value is -4.72. The Labute approximate surface area is 214 Å². The monoisotopic (exact) mass is 494 g/mol. The smallest absolute Gasteiger partial charge is 0.271 e. The van der Waals surface area contributed by atoms with E-state index in [4.69, 9.17) is 4.74 Å². The van der Waals surface area contributed by atoms with Gasteiger partial charge >= 0.3 is 0 Å². The number of benzene rings is 4. The van der Waals surface area contributed by atoms with Gasteiger partial charge in [-0.25, -0.2) is 5.43 Å². The molecule has 1 fully saturated rings. The molecular formula is C29H26N4O4. The maximum absolute atomic E-state index is 12.7. The molecular weight excluding hydrogens is 468 g/mol. The van der Waals surface area contributed by atoms with Crippen molar-refractivity contribution in [2.45, 2.75) is 19.4 Å². The molecule has 1 amide bonds. The second-order valence-corrected chi connectivity index (χ2v) is 8.85. The lowest BCUT2D eigenvalue weighted by atomic mass is 10.0. The third-order valence-electron chi connectivity index (χ3n) is 6.41. The number of anilines is 1. The first kappa shape index (κ1) is 24.0. The first-order chi connectivity index (χ1) is 18.1. The van der Waals surface area contributed by atoms with E-state index in [1.165, 1.54) is 25.0 Å². The average molecular weight is 495 g/mol. The average Bonchev–Trinajstić information content (AvgIpc) is 3.48. The Morgan fingerprint density at radius 3 is 2.57 bits per heavy atom. The summed E-state index contributed by atoms with van der Waals surface area (Å²) in [6.07, 6.45) is 3.96. The third-order valence-corrected chi connectivity index (χ3v) is 6.41. The summed E-state index contributed by atoms with van der Waals surface area (Å²) in [5, 5.41) is 17.2. The molecule has 0 aliphatic carbocycles. The molecule has 186 valence electrons. The van der Waals surface area contributed by atoms with Gasteiger partial charge in [0.1, 0.15) is 12.4 Å². The molecule has 0 saturated carbocycles. The van der Waals surface area contributed by atoms with Crippen LogP contribution in [0.5, 0.6) is 5.75 Å². The fraction of sp³-hybridized carbons (Fsp3) is 0.172. The number of hydrogen-bond acceptors (Lipinski definition) is 6. The minimum absolute atomic E-state index is 0.0116. The highest BCUT2D eigenvalue weighted by Gasteiger charge is 2.13. The van der Waals surface area contributed by atoms with Crippen LogP contribution >= 0.6 is 0 Å². The van der Waals surface area contributed by atoms with Crippen LogP contribution in [0.25, 0.3) is 10.8 Å². The largest absolute Gasteiger partial charge is 0.488 e. The molecule has 1 aliphatic rings. The van der Waals surface area contributed by atoms with Gasteiger partial charge in [-0.1, -0.05) is 42.5 Å². The van der Waals surface area contributed by atoms with Gasteiger partial charge in [-0.3, -0.25) is 14.9 Å². The molecule has 1 saturated heterocycles. The third kappa shape index (κ3) is 5.59. The number of fused-ring (bicyclic) bond motifs is 1. The minimum Gasteiger partial charge on any atom is -0.488 e. The predicted octanol–water partition coefficient (Wildman–Crippen LogP) is 5.69. The van der Waals surface area contributed by atoms with E-state index in [2.05, 4.69) is 15.4 Å². The molecule has 0 aromatic heterocycles. The number of hydrogen-bond donors (Lipinski definition) is 1. The second kappa shape index (κ2) is 10.9. The number of nitro benzene ring substituents is 1. The summed E-state index contributed by atoms with van der Waals surface area (Å²) in [5.74, 6) is 0.252. The highest BCUT2D eigenvalue weighted by molar-refractivity contribution is 6.03. The summed E-state index contributed by atoms with van der Waals surface area (Å²) >= 11 is 0. The first-order valence-corrected chi connectivity index (χ1v) is 12.1. The number of nitro groups is 1. The Balaban J connectivity index is 1.33. The van der Waals surface area contributed by atoms with Gasteiger partial charge in [0.05, 0.1) is 11.1 Å². The molecule has 1 aliphatic heterocycles. The van der Waals surface area contributed by atoms with E-state index in [1.54, 1.807) is 18.3 Å². The number of rotatable bonds is 8.